The quantitative estimate of drug-likeness (QED) is 0.834. The number of rotatable bonds is 1. The molecule has 0 spiro atoms. The second kappa shape index (κ2) is 5.40. The van der Waals surface area contributed by atoms with Crippen LogP contribution in [-0.4, -0.2) is 24.1 Å². The molecule has 2 aliphatic heterocycles. The van der Waals surface area contributed by atoms with Crippen LogP contribution >= 0.6 is 0 Å². The van der Waals surface area contributed by atoms with Gasteiger partial charge in [-0.1, -0.05) is 12.1 Å². The van der Waals surface area contributed by atoms with Crippen molar-refractivity contribution < 1.29 is 13.2 Å². The summed E-state index contributed by atoms with van der Waals surface area (Å²) in [5.74, 6) is 0.781. The average Bonchev–Trinajstić information content (AvgIpc) is 2.55. The molecule has 3 nitrogen and oxygen atoms in total. The Morgan fingerprint density at radius 2 is 2.08 bits per heavy atom. The summed E-state index contributed by atoms with van der Waals surface area (Å²) < 4.78 is 38.9. The highest BCUT2D eigenvalue weighted by Gasteiger charge is 2.32. The number of anilines is 2. The lowest BCUT2D eigenvalue weighted by atomic mass is 9.99. The summed E-state index contributed by atoms with van der Waals surface area (Å²) in [4.78, 5) is 6.98. The summed E-state index contributed by atoms with van der Waals surface area (Å²) in [6.07, 6.45) is -2.10. The van der Waals surface area contributed by atoms with E-state index >= 15 is 0 Å². The van der Waals surface area contributed by atoms with E-state index in [2.05, 4.69) is 15.2 Å². The van der Waals surface area contributed by atoms with Gasteiger partial charge in [0.25, 0.3) is 0 Å². The van der Waals surface area contributed by atoms with Crippen molar-refractivity contribution in [3.8, 4) is 11.3 Å². The van der Waals surface area contributed by atoms with Crippen LogP contribution in [0.15, 0.2) is 30.3 Å². The molecule has 2 aliphatic rings. The third-order valence-electron chi connectivity index (χ3n) is 4.76. The van der Waals surface area contributed by atoms with Crippen molar-refractivity contribution in [2.75, 3.05) is 23.3 Å². The van der Waals surface area contributed by atoms with Gasteiger partial charge >= 0.3 is 6.18 Å². The number of alkyl halides is 3. The molecule has 6 heteroatoms. The molecular formula is C18H18F3N3. The van der Waals surface area contributed by atoms with E-state index in [1.54, 1.807) is 6.07 Å². The normalized spacial score (nSPS) is 19.7. The lowest BCUT2D eigenvalue weighted by Crippen LogP contribution is -2.46. The number of benzene rings is 1. The van der Waals surface area contributed by atoms with Gasteiger partial charge in [-0.05, 0) is 43.5 Å². The number of aromatic nitrogens is 1. The van der Waals surface area contributed by atoms with Crippen LogP contribution in [0.2, 0.25) is 0 Å². The number of fused-ring (bicyclic) bond motifs is 4. The van der Waals surface area contributed by atoms with Crippen LogP contribution in [0, 0.1) is 6.92 Å². The predicted molar refractivity (Wildman–Crippen MR) is 88.3 cm³/mol. The molecule has 1 atom stereocenters. The number of nitrogens with zero attached hydrogens (tertiary/aromatic N) is 2. The fraction of sp³-hybridized carbons (Fsp3) is 0.389. The predicted octanol–water partition coefficient (Wildman–Crippen LogP) is 4.47. The van der Waals surface area contributed by atoms with Crippen LogP contribution in [0.5, 0.6) is 0 Å². The Labute approximate surface area is 138 Å². The van der Waals surface area contributed by atoms with Gasteiger partial charge in [0.1, 0.15) is 0 Å². The van der Waals surface area contributed by atoms with Crippen molar-refractivity contribution in [1.29, 1.82) is 0 Å². The smallest absolute Gasteiger partial charge is 0.366 e. The number of hydrogen-bond donors (Lipinski definition) is 1. The van der Waals surface area contributed by atoms with E-state index in [0.717, 1.165) is 49.1 Å². The molecule has 1 saturated heterocycles. The highest BCUT2D eigenvalue weighted by Crippen LogP contribution is 2.38. The lowest BCUT2D eigenvalue weighted by molar-refractivity contribution is -0.137. The number of hydrogen-bond acceptors (Lipinski definition) is 3. The van der Waals surface area contributed by atoms with Crippen molar-refractivity contribution >= 4 is 11.5 Å². The lowest BCUT2D eigenvalue weighted by Gasteiger charge is -2.41. The molecule has 1 aromatic heterocycles. The maximum Gasteiger partial charge on any atom is 0.416 e. The van der Waals surface area contributed by atoms with Crippen molar-refractivity contribution in [2.24, 2.45) is 0 Å². The molecule has 1 fully saturated rings. The van der Waals surface area contributed by atoms with E-state index < -0.39 is 11.7 Å². The largest absolute Gasteiger partial charge is 0.416 e. The molecule has 1 aromatic carbocycles. The van der Waals surface area contributed by atoms with Crippen LogP contribution in [0.3, 0.4) is 0 Å². The van der Waals surface area contributed by atoms with Crippen molar-refractivity contribution in [3.05, 3.63) is 41.5 Å². The molecule has 126 valence electrons. The summed E-state index contributed by atoms with van der Waals surface area (Å²) in [5.41, 5.74) is 2.40. The minimum atomic E-state index is -4.35. The van der Waals surface area contributed by atoms with Gasteiger partial charge in [0.05, 0.1) is 16.9 Å². The monoisotopic (exact) mass is 333 g/mol. The third-order valence-corrected chi connectivity index (χ3v) is 4.76. The average molecular weight is 333 g/mol. The van der Waals surface area contributed by atoms with Crippen molar-refractivity contribution in [1.82, 2.24) is 4.98 Å². The van der Waals surface area contributed by atoms with Gasteiger partial charge in [-0.15, -0.1) is 0 Å². The first-order valence-electron chi connectivity index (χ1n) is 8.12. The first-order valence-corrected chi connectivity index (χ1v) is 8.12. The third kappa shape index (κ3) is 2.60. The van der Waals surface area contributed by atoms with Crippen LogP contribution in [0.4, 0.5) is 24.7 Å². The molecule has 0 unspecified atom stereocenters. The fourth-order valence-electron chi connectivity index (χ4n) is 3.59. The van der Waals surface area contributed by atoms with E-state index in [9.17, 15) is 13.2 Å². The molecular weight excluding hydrogens is 315 g/mol. The first-order chi connectivity index (χ1) is 11.4. The van der Waals surface area contributed by atoms with E-state index in [4.69, 9.17) is 0 Å². The maximum absolute atomic E-state index is 13.0. The zero-order chi connectivity index (χ0) is 16.9. The highest BCUT2D eigenvalue weighted by molar-refractivity contribution is 5.76. The van der Waals surface area contributed by atoms with Crippen LogP contribution < -0.4 is 10.2 Å². The fourth-order valence-corrected chi connectivity index (χ4v) is 3.59. The molecule has 0 aliphatic carbocycles. The molecule has 0 amide bonds. The Morgan fingerprint density at radius 3 is 2.88 bits per heavy atom. The van der Waals surface area contributed by atoms with Crippen molar-refractivity contribution in [3.63, 3.8) is 0 Å². The Kier molecular flexibility index (Phi) is 3.44. The van der Waals surface area contributed by atoms with Gasteiger partial charge < -0.3 is 10.2 Å². The maximum atomic E-state index is 13.0. The highest BCUT2D eigenvalue weighted by atomic mass is 19.4. The molecule has 2 aromatic rings. The summed E-state index contributed by atoms with van der Waals surface area (Å²) >= 11 is 0. The summed E-state index contributed by atoms with van der Waals surface area (Å²) in [6.45, 7) is 3.88. The van der Waals surface area contributed by atoms with Gasteiger partial charge in [-0.2, -0.15) is 13.2 Å². The Morgan fingerprint density at radius 1 is 1.25 bits per heavy atom. The van der Waals surface area contributed by atoms with E-state index in [1.165, 1.54) is 12.1 Å². The van der Waals surface area contributed by atoms with Gasteiger partial charge in [0, 0.05) is 24.7 Å². The zero-order valence-electron chi connectivity index (χ0n) is 13.3. The summed E-state index contributed by atoms with van der Waals surface area (Å²) in [5, 5.41) is 3.44. The van der Waals surface area contributed by atoms with Crippen LogP contribution in [-0.2, 0) is 6.18 Å². The Hall–Kier alpha value is -2.24. The minimum Gasteiger partial charge on any atom is -0.366 e. The standard InChI is InChI=1S/C18H18F3N3/c1-11-8-15-17(22-14-6-3-7-24(15)10-14)23-16(11)12-4-2-5-13(9-12)18(19,20)21/h2,4-5,8-9,14H,3,6-7,10H2,1H3,(H,22,23)/t14-/m0/s1. The molecule has 1 N–H and O–H groups in total. The van der Waals surface area contributed by atoms with Crippen LogP contribution in [0.1, 0.15) is 24.0 Å². The molecule has 0 saturated carbocycles. The van der Waals surface area contributed by atoms with Crippen LogP contribution in [0.25, 0.3) is 11.3 Å². The molecule has 24 heavy (non-hydrogen) atoms. The van der Waals surface area contributed by atoms with E-state index in [0.29, 0.717) is 17.3 Å². The SMILES string of the molecule is Cc1cc2c(nc1-c1cccc(C(F)(F)F)c1)N[C@H]1CCCN2C1. The second-order valence-electron chi connectivity index (χ2n) is 6.53. The van der Waals surface area contributed by atoms with Crippen molar-refractivity contribution in [2.45, 2.75) is 32.0 Å². The first kappa shape index (κ1) is 15.3. The van der Waals surface area contributed by atoms with Gasteiger partial charge in [0.15, 0.2) is 5.82 Å². The van der Waals surface area contributed by atoms with Gasteiger partial charge in [-0.3, -0.25) is 0 Å². The number of aryl methyl sites for hydroxylation is 1. The molecule has 2 bridgehead atoms. The summed E-state index contributed by atoms with van der Waals surface area (Å²) in [6, 6.07) is 7.78. The Bertz CT molecular complexity index is 786. The number of nitrogens with one attached hydrogen (secondary N) is 1. The molecule has 0 radical (unpaired) electrons. The van der Waals surface area contributed by atoms with Gasteiger partial charge in [0.2, 0.25) is 0 Å². The summed E-state index contributed by atoms with van der Waals surface area (Å²) in [7, 11) is 0. The number of pyridine rings is 1. The van der Waals surface area contributed by atoms with Gasteiger partial charge in [-0.25, -0.2) is 4.98 Å². The number of halogens is 3. The zero-order valence-corrected chi connectivity index (χ0v) is 13.3. The second-order valence-corrected chi connectivity index (χ2v) is 6.53. The van der Waals surface area contributed by atoms with E-state index in [-0.39, 0.29) is 0 Å². The number of piperidine rings is 1. The Balaban J connectivity index is 1.79. The molecule has 4 rings (SSSR count). The van der Waals surface area contributed by atoms with E-state index in [1.807, 2.05) is 13.0 Å². The molecule has 3 heterocycles. The topological polar surface area (TPSA) is 28.2 Å². The minimum absolute atomic E-state index is 0.371.